The number of hydrogen-bond acceptors (Lipinski definition) is 3. The maximum atomic E-state index is 12.8. The lowest BCUT2D eigenvalue weighted by molar-refractivity contribution is -0.141. The molecular weight excluding hydrogens is 376 g/mol. The summed E-state index contributed by atoms with van der Waals surface area (Å²) in [7, 11) is 0. The molecule has 1 saturated carbocycles. The summed E-state index contributed by atoms with van der Waals surface area (Å²) in [5.74, 6) is 0.120. The fourth-order valence-corrected chi connectivity index (χ4v) is 4.71. The highest BCUT2D eigenvalue weighted by Crippen LogP contribution is 2.38. The molecule has 0 bridgehead atoms. The van der Waals surface area contributed by atoms with Gasteiger partial charge in [-0.25, -0.2) is 4.79 Å². The van der Waals surface area contributed by atoms with Gasteiger partial charge in [0.05, 0.1) is 5.56 Å². The van der Waals surface area contributed by atoms with Gasteiger partial charge in [-0.2, -0.15) is 0 Å². The van der Waals surface area contributed by atoms with Crippen LogP contribution in [-0.4, -0.2) is 40.5 Å². The molecule has 1 atom stereocenters. The maximum absolute atomic E-state index is 12.8. The maximum Gasteiger partial charge on any atom is 0.340 e. The number of aryl methyl sites for hydroxylation is 1. The molecule has 4 rings (SSSR count). The molecule has 5 heteroatoms. The van der Waals surface area contributed by atoms with Gasteiger partial charge in [-0.3, -0.25) is 4.79 Å². The summed E-state index contributed by atoms with van der Waals surface area (Å²) < 4.78 is 7.80. The number of aromatic nitrogens is 1. The van der Waals surface area contributed by atoms with Crippen molar-refractivity contribution in [3.8, 4) is 0 Å². The summed E-state index contributed by atoms with van der Waals surface area (Å²) in [6.07, 6.45) is 4.62. The number of esters is 1. The molecule has 1 aliphatic heterocycles. The molecule has 5 nitrogen and oxygen atoms in total. The van der Waals surface area contributed by atoms with Gasteiger partial charge in [0.25, 0.3) is 5.91 Å². The van der Waals surface area contributed by atoms with Crippen LogP contribution >= 0.6 is 0 Å². The third kappa shape index (κ3) is 4.45. The lowest BCUT2D eigenvalue weighted by Gasteiger charge is -2.33. The zero-order valence-corrected chi connectivity index (χ0v) is 18.3. The largest absolute Gasteiger partial charge is 0.449 e. The zero-order chi connectivity index (χ0) is 21.3. The molecule has 1 amide bonds. The topological polar surface area (TPSA) is 51.5 Å². The van der Waals surface area contributed by atoms with Crippen molar-refractivity contribution >= 4 is 11.9 Å². The number of hydrogen-bond donors (Lipinski definition) is 0. The summed E-state index contributed by atoms with van der Waals surface area (Å²) in [6, 6.07) is 12.9. The lowest BCUT2D eigenvalue weighted by Crippen LogP contribution is -2.44. The van der Waals surface area contributed by atoms with Crippen LogP contribution in [-0.2, 0) is 16.0 Å². The van der Waals surface area contributed by atoms with Gasteiger partial charge < -0.3 is 14.2 Å². The van der Waals surface area contributed by atoms with Crippen LogP contribution in [0.4, 0.5) is 0 Å². The van der Waals surface area contributed by atoms with E-state index in [1.807, 2.05) is 30.9 Å². The number of carbonyl (C=O) groups is 2. The number of likely N-dealkylation sites (tertiary alicyclic amines) is 1. The Morgan fingerprint density at radius 3 is 2.37 bits per heavy atom. The highest BCUT2D eigenvalue weighted by molar-refractivity contribution is 5.93. The van der Waals surface area contributed by atoms with Gasteiger partial charge in [-0.1, -0.05) is 30.3 Å². The minimum Gasteiger partial charge on any atom is -0.449 e. The van der Waals surface area contributed by atoms with Crippen LogP contribution < -0.4 is 0 Å². The molecule has 2 aromatic rings. The number of nitrogens with zero attached hydrogens (tertiary/aromatic N) is 2. The summed E-state index contributed by atoms with van der Waals surface area (Å²) in [6.45, 7) is 7.14. The van der Waals surface area contributed by atoms with Crippen molar-refractivity contribution in [2.75, 3.05) is 13.1 Å². The first-order chi connectivity index (χ1) is 14.4. The molecule has 2 aliphatic rings. The number of benzene rings is 1. The average molecular weight is 409 g/mol. The predicted molar refractivity (Wildman–Crippen MR) is 117 cm³/mol. The molecule has 1 aromatic carbocycles. The molecule has 0 spiro atoms. The third-order valence-corrected chi connectivity index (χ3v) is 6.54. The van der Waals surface area contributed by atoms with E-state index in [0.29, 0.717) is 17.5 Å². The Labute approximate surface area is 179 Å². The molecule has 1 saturated heterocycles. The van der Waals surface area contributed by atoms with Crippen molar-refractivity contribution in [3.63, 3.8) is 0 Å². The van der Waals surface area contributed by atoms with Gasteiger partial charge in [0.1, 0.15) is 0 Å². The Balaban J connectivity index is 1.30. The van der Waals surface area contributed by atoms with Crippen LogP contribution in [0.3, 0.4) is 0 Å². The highest BCUT2D eigenvalue weighted by atomic mass is 16.5. The fourth-order valence-electron chi connectivity index (χ4n) is 4.71. The number of rotatable bonds is 6. The van der Waals surface area contributed by atoms with Gasteiger partial charge >= 0.3 is 5.97 Å². The first-order valence-corrected chi connectivity index (χ1v) is 11.2. The molecule has 0 unspecified atom stereocenters. The number of piperidine rings is 1. The zero-order valence-electron chi connectivity index (χ0n) is 18.3. The SMILES string of the molecule is Cc1cc(C(=O)O[C@H](C)C(=O)N2CCC(Cc3ccccc3)CC2)c(C)n1C1CC1. The van der Waals surface area contributed by atoms with Crippen molar-refractivity contribution in [2.24, 2.45) is 5.92 Å². The van der Waals surface area contributed by atoms with Gasteiger partial charge in [0, 0.05) is 30.5 Å². The quantitative estimate of drug-likeness (QED) is 0.663. The van der Waals surface area contributed by atoms with E-state index in [4.69, 9.17) is 4.74 Å². The van der Waals surface area contributed by atoms with E-state index >= 15 is 0 Å². The van der Waals surface area contributed by atoms with Gasteiger partial charge in [-0.15, -0.1) is 0 Å². The van der Waals surface area contributed by atoms with E-state index in [1.165, 1.54) is 18.4 Å². The van der Waals surface area contributed by atoms with E-state index in [0.717, 1.165) is 43.7 Å². The number of ether oxygens (including phenoxy) is 1. The average Bonchev–Trinajstić information content (AvgIpc) is 3.53. The molecule has 1 aliphatic carbocycles. The smallest absolute Gasteiger partial charge is 0.340 e. The van der Waals surface area contributed by atoms with Crippen LogP contribution in [0.2, 0.25) is 0 Å². The monoisotopic (exact) mass is 408 g/mol. The fraction of sp³-hybridized carbons (Fsp3) is 0.520. The second-order valence-electron chi connectivity index (χ2n) is 8.89. The summed E-state index contributed by atoms with van der Waals surface area (Å²) >= 11 is 0. The molecule has 0 radical (unpaired) electrons. The van der Waals surface area contributed by atoms with Crippen LogP contribution in [0.5, 0.6) is 0 Å². The van der Waals surface area contributed by atoms with Crippen molar-refractivity contribution in [1.29, 1.82) is 0 Å². The molecule has 2 fully saturated rings. The Kier molecular flexibility index (Phi) is 5.98. The van der Waals surface area contributed by atoms with Crippen molar-refractivity contribution < 1.29 is 14.3 Å². The van der Waals surface area contributed by atoms with Gasteiger partial charge in [0.15, 0.2) is 6.10 Å². The van der Waals surface area contributed by atoms with Crippen molar-refractivity contribution in [1.82, 2.24) is 9.47 Å². The Morgan fingerprint density at radius 2 is 1.73 bits per heavy atom. The number of amides is 1. The molecule has 30 heavy (non-hydrogen) atoms. The highest BCUT2D eigenvalue weighted by Gasteiger charge is 2.31. The summed E-state index contributed by atoms with van der Waals surface area (Å²) in [5.41, 5.74) is 3.97. The second kappa shape index (κ2) is 8.66. The predicted octanol–water partition coefficient (Wildman–Crippen LogP) is 4.47. The second-order valence-corrected chi connectivity index (χ2v) is 8.89. The normalized spacial score (nSPS) is 18.3. The van der Waals surface area contributed by atoms with E-state index in [1.54, 1.807) is 6.92 Å². The van der Waals surface area contributed by atoms with Gasteiger partial charge in [0.2, 0.25) is 0 Å². The summed E-state index contributed by atoms with van der Waals surface area (Å²) in [5, 5.41) is 0. The third-order valence-electron chi connectivity index (χ3n) is 6.54. The molecule has 160 valence electrons. The Bertz CT molecular complexity index is 906. The molecule has 0 N–H and O–H groups in total. The standard InChI is InChI=1S/C25H32N2O3/c1-17-15-23(18(2)27(17)22-9-10-22)25(29)30-19(3)24(28)26-13-11-21(12-14-26)16-20-7-5-4-6-8-20/h4-8,15,19,21-22H,9-14,16H2,1-3H3/t19-/m1/s1. The van der Waals surface area contributed by atoms with Crippen LogP contribution in [0.1, 0.15) is 66.0 Å². The van der Waals surface area contributed by atoms with Gasteiger partial charge in [-0.05, 0) is 70.4 Å². The molecule has 2 heterocycles. The van der Waals surface area contributed by atoms with E-state index in [2.05, 4.69) is 28.8 Å². The van der Waals surface area contributed by atoms with E-state index in [9.17, 15) is 9.59 Å². The van der Waals surface area contributed by atoms with Crippen molar-refractivity contribution in [3.05, 3.63) is 58.9 Å². The first-order valence-electron chi connectivity index (χ1n) is 11.2. The minimum atomic E-state index is -0.757. The number of carbonyl (C=O) groups excluding carboxylic acids is 2. The van der Waals surface area contributed by atoms with Crippen LogP contribution in [0, 0.1) is 19.8 Å². The minimum absolute atomic E-state index is 0.0856. The molecule has 1 aromatic heterocycles. The first kappa shape index (κ1) is 20.7. The lowest BCUT2D eigenvalue weighted by atomic mass is 9.90. The van der Waals surface area contributed by atoms with Crippen molar-refractivity contribution in [2.45, 2.75) is 65.0 Å². The Hall–Kier alpha value is -2.56. The Morgan fingerprint density at radius 1 is 1.07 bits per heavy atom. The molecular formula is C25H32N2O3. The summed E-state index contributed by atoms with van der Waals surface area (Å²) in [4.78, 5) is 27.4. The van der Waals surface area contributed by atoms with E-state index < -0.39 is 12.1 Å². The van der Waals surface area contributed by atoms with Crippen LogP contribution in [0.15, 0.2) is 36.4 Å². The van der Waals surface area contributed by atoms with E-state index in [-0.39, 0.29) is 5.91 Å². The van der Waals surface area contributed by atoms with Crippen LogP contribution in [0.25, 0.3) is 0 Å².